The average Bonchev–Trinajstić information content (AvgIpc) is 1.64. The third-order valence-corrected chi connectivity index (χ3v) is 22.6. The molecule has 0 saturated carbocycles. The van der Waals surface area contributed by atoms with E-state index in [1.165, 1.54) is 54.6 Å². The van der Waals surface area contributed by atoms with Crippen molar-refractivity contribution in [2.24, 2.45) is 0 Å². The van der Waals surface area contributed by atoms with Gasteiger partial charge in [-0.3, -0.25) is 29.0 Å². The Morgan fingerprint density at radius 1 is 0.832 bits per heavy atom. The molecule has 3 saturated heterocycles. The number of methoxy groups -OCH3 is 1. The molecule has 12 bridgehead atoms. The summed E-state index contributed by atoms with van der Waals surface area (Å²) in [6.07, 6.45) is -6.69. The minimum atomic E-state index is -1.83. The molecule has 10 atom stereocenters. The molecule has 8 aromatic rings. The minimum absolute atomic E-state index is 0.0135. The van der Waals surface area contributed by atoms with E-state index in [4.69, 9.17) is 52.8 Å². The number of carbonyl (C=O) groups excluding carboxylic acids is 7. The van der Waals surface area contributed by atoms with Crippen LogP contribution in [0, 0.1) is 0 Å². The van der Waals surface area contributed by atoms with Gasteiger partial charge in [-0.1, -0.05) is 12.1 Å². The first kappa shape index (κ1) is 69.3. The molecular formula is C64H66N14O18S5. The van der Waals surface area contributed by atoms with Gasteiger partial charge in [0.15, 0.2) is 23.8 Å². The standard InChI is InChI=1S/C64H66N14O18S5/c1-27(79)43-55(84)74-44(28(2)89-6)58-69-37(24-99-58)54(83)75-47-49-50(96-41-17-64(4)51(29(3)95-41)76(5)26-94-64)63(87)92-18-30-8-7-9-39-42(30)32(19-91-49)48(78(39)88)62(86)93-20-33(66-52(81)35-23-100-60(47)70-35)57-67-34(21-98-57)45-31(56-68-36(22-97-56)53(82)73-43)16-40(80)46(72-45)59-71-38(25-101-59)61(85)90-15-14-77-12-10-65-11-13-77/h7-9,16,21-25,27,29,33,41,43,47,49-51,65,79-80,88H,10-15,17-20,26H2,1-6H3,(H,66,81)(H,73,82)(H,74,84)(H,75,83)/b44-28+. The molecule has 10 unspecified atom stereocenters. The van der Waals surface area contributed by atoms with Crippen LogP contribution in [0.3, 0.4) is 0 Å². The molecule has 0 radical (unpaired) electrons. The highest BCUT2D eigenvalue weighted by atomic mass is 32.1. The summed E-state index contributed by atoms with van der Waals surface area (Å²) in [6, 6.07) is 1.29. The molecular weight excluding hydrogens is 1410 g/mol. The van der Waals surface area contributed by atoms with Gasteiger partial charge in [0.05, 0.1) is 49.8 Å². The molecule has 37 heteroatoms. The molecule has 8 N–H and O–H groups in total. The van der Waals surface area contributed by atoms with E-state index in [1.807, 2.05) is 25.8 Å². The van der Waals surface area contributed by atoms with E-state index in [0.29, 0.717) is 16.8 Å². The minimum Gasteiger partial charge on any atom is -0.506 e. The van der Waals surface area contributed by atoms with Gasteiger partial charge in [0.2, 0.25) is 5.91 Å². The van der Waals surface area contributed by atoms with E-state index >= 15 is 19.2 Å². The van der Waals surface area contributed by atoms with Crippen molar-refractivity contribution < 1.29 is 86.9 Å². The number of esters is 3. The lowest BCUT2D eigenvalue weighted by molar-refractivity contribution is -0.268. The number of rotatable bonds is 9. The van der Waals surface area contributed by atoms with Gasteiger partial charge in [-0.05, 0) is 52.4 Å². The molecule has 14 rings (SSSR count). The molecule has 6 aliphatic heterocycles. The van der Waals surface area contributed by atoms with Crippen LogP contribution in [0.25, 0.3) is 49.3 Å². The number of carbonyl (C=O) groups is 7. The third kappa shape index (κ3) is 13.7. The molecule has 0 aliphatic carbocycles. The Labute approximate surface area is 593 Å². The highest BCUT2D eigenvalue weighted by molar-refractivity contribution is 7.14. The summed E-state index contributed by atoms with van der Waals surface area (Å²) >= 11 is 4.76. The van der Waals surface area contributed by atoms with Gasteiger partial charge in [0.1, 0.15) is 120 Å². The highest BCUT2D eigenvalue weighted by Crippen LogP contribution is 2.44. The van der Waals surface area contributed by atoms with Crippen molar-refractivity contribution in [2.75, 3.05) is 66.8 Å². The number of aromatic nitrogens is 7. The number of nitrogens with zero attached hydrogens (tertiary/aromatic N) is 9. The van der Waals surface area contributed by atoms with Crippen LogP contribution in [0.1, 0.15) is 125 Å². The summed E-state index contributed by atoms with van der Waals surface area (Å²) in [5.41, 5.74) is -1.42. The Morgan fingerprint density at radius 3 is 2.32 bits per heavy atom. The number of benzene rings is 1. The van der Waals surface area contributed by atoms with E-state index in [2.05, 4.69) is 46.4 Å². The third-order valence-electron chi connectivity index (χ3n) is 18.1. The fourth-order valence-electron chi connectivity index (χ4n) is 13.0. The summed E-state index contributed by atoms with van der Waals surface area (Å²) in [6.45, 7) is 9.00. The fraction of sp³-hybridized carbons (Fsp3) is 0.422. The predicted octanol–water partition coefficient (Wildman–Crippen LogP) is 4.59. The van der Waals surface area contributed by atoms with Crippen molar-refractivity contribution in [1.29, 1.82) is 0 Å². The zero-order chi connectivity index (χ0) is 70.7. The second-order valence-electron chi connectivity index (χ2n) is 24.8. The number of nitrogens with one attached hydrogen (secondary N) is 5. The number of aliphatic hydroxyl groups is 1. The van der Waals surface area contributed by atoms with Gasteiger partial charge in [-0.15, -0.1) is 56.7 Å². The molecule has 101 heavy (non-hydrogen) atoms. The molecule has 3 fully saturated rings. The highest BCUT2D eigenvalue weighted by Gasteiger charge is 2.54. The van der Waals surface area contributed by atoms with Crippen molar-refractivity contribution in [1.82, 2.24) is 71.0 Å². The maximum Gasteiger partial charge on any atom is 0.358 e. The van der Waals surface area contributed by atoms with E-state index in [1.54, 1.807) is 17.5 Å². The number of ether oxygens (including phenoxy) is 8. The topological polar surface area (TPSA) is 403 Å². The van der Waals surface area contributed by atoms with Crippen LogP contribution in [0.4, 0.5) is 0 Å². The number of hydrogen-bond acceptors (Lipinski definition) is 32. The monoisotopic (exact) mass is 1480 g/mol. The predicted molar refractivity (Wildman–Crippen MR) is 362 cm³/mol. The largest absolute Gasteiger partial charge is 0.506 e. The first-order valence-electron chi connectivity index (χ1n) is 31.9. The van der Waals surface area contributed by atoms with E-state index < -0.39 is 127 Å². The van der Waals surface area contributed by atoms with Gasteiger partial charge in [-0.2, -0.15) is 4.73 Å². The first-order chi connectivity index (χ1) is 48.6. The second-order valence-corrected chi connectivity index (χ2v) is 29.1. The number of pyridine rings is 1. The first-order valence-corrected chi connectivity index (χ1v) is 36.3. The number of piperazine rings is 1. The van der Waals surface area contributed by atoms with Crippen molar-refractivity contribution in [2.45, 2.75) is 108 Å². The maximum atomic E-state index is 15.2. The van der Waals surface area contributed by atoms with Gasteiger partial charge in [0, 0.05) is 82.6 Å². The summed E-state index contributed by atoms with van der Waals surface area (Å²) < 4.78 is 50.7. The number of likely N-dealkylation sites (N-methyl/N-ethyl adjacent to an activating group) is 1. The summed E-state index contributed by atoms with van der Waals surface area (Å²) in [5.74, 6) is -6.73. The molecule has 1 aromatic carbocycles. The smallest absolute Gasteiger partial charge is 0.358 e. The maximum absolute atomic E-state index is 15.2. The van der Waals surface area contributed by atoms with Crippen molar-refractivity contribution in [3.05, 3.63) is 112 Å². The van der Waals surface area contributed by atoms with Gasteiger partial charge < -0.3 is 79.9 Å². The van der Waals surface area contributed by atoms with Crippen LogP contribution < -0.4 is 26.6 Å². The van der Waals surface area contributed by atoms with Crippen LogP contribution in [0.5, 0.6) is 5.75 Å². The molecule has 530 valence electrons. The number of aromatic hydroxyl groups is 1. The van der Waals surface area contributed by atoms with Gasteiger partial charge in [0.25, 0.3) is 17.7 Å². The van der Waals surface area contributed by atoms with Crippen LogP contribution >= 0.6 is 56.7 Å². The molecule has 0 spiro atoms. The summed E-state index contributed by atoms with van der Waals surface area (Å²) in [4.78, 5) is 135. The summed E-state index contributed by atoms with van der Waals surface area (Å²) in [5, 5.41) is 57.5. The number of allylic oxidation sites excluding steroid dienone is 1. The Bertz CT molecular complexity index is 4620. The van der Waals surface area contributed by atoms with Crippen molar-refractivity contribution in [3.8, 4) is 38.4 Å². The number of aliphatic hydroxyl groups excluding tert-OH is 1. The summed E-state index contributed by atoms with van der Waals surface area (Å²) in [7, 11) is 3.22. The molecule has 7 aromatic heterocycles. The Hall–Kier alpha value is -8.83. The van der Waals surface area contributed by atoms with Crippen molar-refractivity contribution in [3.63, 3.8) is 0 Å². The normalized spacial score (nSPS) is 25.5. The Kier molecular flexibility index (Phi) is 19.6. The lowest BCUT2D eigenvalue weighted by Crippen LogP contribution is -2.58. The number of hydrogen-bond donors (Lipinski definition) is 8. The number of thiazole rings is 5. The fourth-order valence-corrected chi connectivity index (χ4v) is 17.2. The van der Waals surface area contributed by atoms with Gasteiger partial charge in [-0.25, -0.2) is 44.3 Å². The lowest BCUT2D eigenvalue weighted by atomic mass is 9.86. The zero-order valence-electron chi connectivity index (χ0n) is 54.7. The van der Waals surface area contributed by atoms with Crippen molar-refractivity contribution >= 4 is 115 Å². The van der Waals surface area contributed by atoms with Crippen LogP contribution in [0.15, 0.2) is 56.9 Å². The molecule has 6 aliphatic rings. The van der Waals surface area contributed by atoms with Crippen LogP contribution in [0.2, 0.25) is 0 Å². The van der Waals surface area contributed by atoms with Crippen LogP contribution in [-0.4, -0.2) is 217 Å². The Balaban J connectivity index is 0.911. The zero-order valence-corrected chi connectivity index (χ0v) is 58.8. The Morgan fingerprint density at radius 2 is 1.53 bits per heavy atom. The van der Waals surface area contributed by atoms with E-state index in [-0.39, 0.29) is 124 Å². The van der Waals surface area contributed by atoms with Crippen LogP contribution in [-0.2, 0) is 60.7 Å². The lowest BCUT2D eigenvalue weighted by Gasteiger charge is -2.45. The average molecular weight is 1480 g/mol. The van der Waals surface area contributed by atoms with E-state index in [9.17, 15) is 29.8 Å². The number of fused-ring (bicyclic) bond motifs is 16. The van der Waals surface area contributed by atoms with E-state index in [0.717, 1.165) is 82.9 Å². The second kappa shape index (κ2) is 28.5. The SMILES string of the molecule is CO/C(C)=C1/NC(=O)C(C(C)O)NC(=O)c2csc(n2)-c2cc(O)c(-c3nc(C(=O)OCCN4CCNCC4)cs3)nc2-c2csc(n2)C2COC(=O)c3c4c5c(cccc5n3O)COC(=O)C(OC3CC5(C)OCN(C)C5C(C)O3)C(OC4)C(NC(=O)c3csc1n3)c1nc(cs1)C(=O)N2. The molecule has 13 heterocycles. The molecule has 4 amide bonds. The number of cyclic esters (lactones) is 2. The van der Waals surface area contributed by atoms with Gasteiger partial charge >= 0.3 is 17.9 Å². The number of amides is 4. The quantitative estimate of drug-likeness (QED) is 0.0424. The molecule has 32 nitrogen and oxygen atoms in total.